The van der Waals surface area contributed by atoms with Gasteiger partial charge in [-0.1, -0.05) is 34.8 Å². The Kier molecular flexibility index (Phi) is 6.38. The second-order valence-corrected chi connectivity index (χ2v) is 10.6. The highest BCUT2D eigenvalue weighted by Crippen LogP contribution is 2.28. The van der Waals surface area contributed by atoms with Crippen molar-refractivity contribution in [2.45, 2.75) is 13.8 Å². The lowest BCUT2D eigenvalue weighted by Gasteiger charge is -2.11. The van der Waals surface area contributed by atoms with E-state index >= 15 is 0 Å². The number of aromatic nitrogens is 2. The average molecular weight is 521 g/mol. The van der Waals surface area contributed by atoms with Gasteiger partial charge in [0.25, 0.3) is 0 Å². The van der Waals surface area contributed by atoms with Crippen molar-refractivity contribution in [2.75, 3.05) is 21.3 Å². The van der Waals surface area contributed by atoms with Crippen LogP contribution in [0.15, 0.2) is 60.7 Å². The molecular weight excluding hydrogens is 501 g/mol. The topological polar surface area (TPSA) is 73.9 Å². The lowest BCUT2D eigenvalue weighted by molar-refractivity contribution is 1.45. The first-order chi connectivity index (χ1) is 16.4. The van der Waals surface area contributed by atoms with Gasteiger partial charge in [0.1, 0.15) is 0 Å². The second kappa shape index (κ2) is 9.59. The van der Waals surface area contributed by atoms with Gasteiger partial charge in [0.05, 0.1) is 20.4 Å². The summed E-state index contributed by atoms with van der Waals surface area (Å²) in [7, 11) is 0. The van der Waals surface area contributed by atoms with Gasteiger partial charge in [-0.25, -0.2) is 9.97 Å². The lowest BCUT2D eigenvalue weighted by Crippen LogP contribution is -2.20. The van der Waals surface area contributed by atoms with E-state index in [1.807, 2.05) is 36.4 Å². The highest BCUT2D eigenvalue weighted by atomic mass is 32.1. The first-order valence-corrected chi connectivity index (χ1v) is 12.9. The highest BCUT2D eigenvalue weighted by molar-refractivity contribution is 7.81. The van der Waals surface area contributed by atoms with Crippen molar-refractivity contribution in [1.29, 1.82) is 0 Å². The van der Waals surface area contributed by atoms with E-state index in [9.17, 15) is 0 Å². The third-order valence-corrected chi connectivity index (χ3v) is 7.20. The zero-order valence-electron chi connectivity index (χ0n) is 18.3. The van der Waals surface area contributed by atoms with Gasteiger partial charge in [0, 0.05) is 11.4 Å². The van der Waals surface area contributed by atoms with Gasteiger partial charge >= 0.3 is 0 Å². The normalized spacial score (nSPS) is 10.9. The van der Waals surface area contributed by atoms with Crippen molar-refractivity contribution >= 4 is 99.4 Å². The predicted molar refractivity (Wildman–Crippen MR) is 155 cm³/mol. The van der Waals surface area contributed by atoms with Crippen molar-refractivity contribution in [3.05, 3.63) is 71.8 Å². The Morgan fingerprint density at radius 2 is 1.03 bits per heavy atom. The summed E-state index contributed by atoms with van der Waals surface area (Å²) in [5.41, 5.74) is 6.06. The maximum Gasteiger partial charge on any atom is 0.190 e. The van der Waals surface area contributed by atoms with E-state index in [0.717, 1.165) is 42.1 Å². The first-order valence-electron chi connectivity index (χ1n) is 10.4. The van der Waals surface area contributed by atoms with Crippen LogP contribution in [0.4, 0.5) is 21.6 Å². The number of anilines is 4. The van der Waals surface area contributed by atoms with Crippen LogP contribution in [0.2, 0.25) is 0 Å². The Morgan fingerprint density at radius 3 is 1.44 bits per heavy atom. The van der Waals surface area contributed by atoms with E-state index in [4.69, 9.17) is 24.4 Å². The number of thiocarbonyl (C=S) groups is 2. The minimum absolute atomic E-state index is 0.486. The monoisotopic (exact) mass is 520 g/mol. The SMILES string of the molecule is Cc1ccc2nc(NC(=S)Nc3ccc(NC(=S)Nc4nc5ccc(C)cc5s4)cc3)sc2c1. The van der Waals surface area contributed by atoms with Crippen molar-refractivity contribution < 1.29 is 0 Å². The zero-order chi connectivity index (χ0) is 23.7. The van der Waals surface area contributed by atoms with Crippen molar-refractivity contribution in [1.82, 2.24) is 9.97 Å². The minimum Gasteiger partial charge on any atom is -0.332 e. The molecule has 0 fully saturated rings. The molecule has 0 unspecified atom stereocenters. The van der Waals surface area contributed by atoms with E-state index in [1.54, 1.807) is 22.7 Å². The van der Waals surface area contributed by atoms with Crippen molar-refractivity contribution in [3.63, 3.8) is 0 Å². The highest BCUT2D eigenvalue weighted by Gasteiger charge is 2.08. The number of fused-ring (bicyclic) bond motifs is 2. The van der Waals surface area contributed by atoms with Crippen molar-refractivity contribution in [3.8, 4) is 0 Å². The molecule has 3 aromatic carbocycles. The smallest absolute Gasteiger partial charge is 0.190 e. The van der Waals surface area contributed by atoms with Crippen molar-refractivity contribution in [2.24, 2.45) is 0 Å². The average Bonchev–Trinajstić information content (AvgIpc) is 3.36. The summed E-state index contributed by atoms with van der Waals surface area (Å²) >= 11 is 14.1. The van der Waals surface area contributed by atoms with Gasteiger partial charge in [-0.2, -0.15) is 0 Å². The summed E-state index contributed by atoms with van der Waals surface area (Å²) in [5.74, 6) is 0. The molecule has 34 heavy (non-hydrogen) atoms. The van der Waals surface area contributed by atoms with E-state index in [2.05, 4.69) is 69.3 Å². The van der Waals surface area contributed by atoms with E-state index < -0.39 is 0 Å². The molecular formula is C24H20N6S4. The summed E-state index contributed by atoms with van der Waals surface area (Å²) in [6.45, 7) is 4.14. The molecule has 5 rings (SSSR count). The predicted octanol–water partition coefficient (Wildman–Crippen LogP) is 7.14. The van der Waals surface area contributed by atoms with Gasteiger partial charge in [0.15, 0.2) is 20.5 Å². The Hall–Kier alpha value is -3.18. The number of hydrogen-bond acceptors (Lipinski definition) is 6. The molecule has 0 aliphatic heterocycles. The van der Waals surface area contributed by atoms with Crippen LogP contribution in [0, 0.1) is 13.8 Å². The van der Waals surface area contributed by atoms with Crippen LogP contribution >= 0.6 is 47.1 Å². The minimum atomic E-state index is 0.486. The third-order valence-electron chi connectivity index (χ3n) is 4.93. The maximum atomic E-state index is 5.45. The number of nitrogens with zero attached hydrogens (tertiary/aromatic N) is 2. The molecule has 4 N–H and O–H groups in total. The van der Waals surface area contributed by atoms with Gasteiger partial charge in [-0.3, -0.25) is 0 Å². The fraction of sp³-hybridized carbons (Fsp3) is 0.0833. The molecule has 5 aromatic rings. The number of rotatable bonds is 4. The summed E-state index contributed by atoms with van der Waals surface area (Å²) in [6, 6.07) is 20.1. The quantitative estimate of drug-likeness (QED) is 0.186. The Labute approximate surface area is 215 Å². The van der Waals surface area contributed by atoms with Crippen LogP contribution in [0.5, 0.6) is 0 Å². The molecule has 170 valence electrons. The van der Waals surface area contributed by atoms with Crippen LogP contribution < -0.4 is 21.3 Å². The zero-order valence-corrected chi connectivity index (χ0v) is 21.6. The fourth-order valence-electron chi connectivity index (χ4n) is 3.33. The van der Waals surface area contributed by atoms with Gasteiger partial charge in [-0.05, 0) is 97.9 Å². The molecule has 0 bridgehead atoms. The molecule has 0 amide bonds. The number of hydrogen-bond donors (Lipinski definition) is 4. The van der Waals surface area contributed by atoms with Gasteiger partial charge in [-0.15, -0.1) is 0 Å². The summed E-state index contributed by atoms with van der Waals surface area (Å²) in [6.07, 6.45) is 0. The van der Waals surface area contributed by atoms with Crippen LogP contribution in [-0.4, -0.2) is 20.2 Å². The molecule has 0 atom stereocenters. The number of nitrogens with one attached hydrogen (secondary N) is 4. The fourth-order valence-corrected chi connectivity index (χ4v) is 5.82. The van der Waals surface area contributed by atoms with Gasteiger partial charge < -0.3 is 21.3 Å². The summed E-state index contributed by atoms with van der Waals surface area (Å²) < 4.78 is 2.26. The second-order valence-electron chi connectivity index (χ2n) is 7.72. The molecule has 6 nitrogen and oxygen atoms in total. The molecule has 0 spiro atoms. The van der Waals surface area contributed by atoms with E-state index in [-0.39, 0.29) is 0 Å². The number of benzene rings is 3. The standard InChI is InChI=1S/C24H20N6S4/c1-13-3-9-17-19(11-13)33-23(27-17)29-21(31)25-15-5-7-16(8-6-15)26-22(32)30-24-28-18-10-4-14(2)12-20(18)34-24/h3-12H,1-2H3,(H2,25,27,29,31)(H2,26,28,30,32). The first kappa shape index (κ1) is 22.6. The largest absolute Gasteiger partial charge is 0.332 e. The Balaban J connectivity index is 1.16. The lowest BCUT2D eigenvalue weighted by atomic mass is 10.2. The Bertz CT molecular complexity index is 1410. The molecule has 0 saturated heterocycles. The molecule has 2 heterocycles. The van der Waals surface area contributed by atoms with Crippen LogP contribution in [0.3, 0.4) is 0 Å². The van der Waals surface area contributed by atoms with Crippen LogP contribution in [-0.2, 0) is 0 Å². The summed E-state index contributed by atoms with van der Waals surface area (Å²) in [5, 5.41) is 15.2. The third kappa shape index (κ3) is 5.31. The molecule has 0 radical (unpaired) electrons. The number of aryl methyl sites for hydroxylation is 2. The van der Waals surface area contributed by atoms with Crippen LogP contribution in [0.25, 0.3) is 20.4 Å². The Morgan fingerprint density at radius 1 is 0.618 bits per heavy atom. The van der Waals surface area contributed by atoms with E-state index in [1.165, 1.54) is 11.1 Å². The molecule has 0 aliphatic carbocycles. The van der Waals surface area contributed by atoms with Crippen LogP contribution in [0.1, 0.15) is 11.1 Å². The number of thiazole rings is 2. The maximum absolute atomic E-state index is 5.45. The molecule has 0 saturated carbocycles. The van der Waals surface area contributed by atoms with Gasteiger partial charge in [0.2, 0.25) is 0 Å². The molecule has 2 aromatic heterocycles. The molecule has 0 aliphatic rings. The summed E-state index contributed by atoms with van der Waals surface area (Å²) in [4.78, 5) is 9.16. The van der Waals surface area contributed by atoms with E-state index in [0.29, 0.717) is 10.2 Å². The molecule has 10 heteroatoms.